The van der Waals surface area contributed by atoms with Crippen LogP contribution in [0.1, 0.15) is 35.4 Å². The molecule has 2 aromatic rings. The second-order valence-electron chi connectivity index (χ2n) is 5.65. The zero-order valence-electron chi connectivity index (χ0n) is 12.0. The highest BCUT2D eigenvalue weighted by molar-refractivity contribution is 5.62. The van der Waals surface area contributed by atoms with Crippen LogP contribution in [0.3, 0.4) is 0 Å². The molecule has 0 bridgehead atoms. The summed E-state index contributed by atoms with van der Waals surface area (Å²) < 4.78 is 0. The first kappa shape index (κ1) is 13.6. The van der Waals surface area contributed by atoms with E-state index in [9.17, 15) is 10.1 Å². The molecule has 0 aliphatic heterocycles. The predicted molar refractivity (Wildman–Crippen MR) is 83.6 cm³/mol. The third-order valence-electron chi connectivity index (χ3n) is 3.86. The summed E-state index contributed by atoms with van der Waals surface area (Å²) in [5.74, 6) is 0.755. The maximum atomic E-state index is 11.1. The summed E-state index contributed by atoms with van der Waals surface area (Å²) in [6, 6.07) is 13.8. The second-order valence-corrected chi connectivity index (χ2v) is 5.65. The average molecular weight is 282 g/mol. The number of hydrogen-bond acceptors (Lipinski definition) is 3. The zero-order chi connectivity index (χ0) is 14.8. The Morgan fingerprint density at radius 2 is 1.90 bits per heavy atom. The normalized spacial score (nSPS) is 14.0. The maximum Gasteiger partial charge on any atom is 0.292 e. The van der Waals surface area contributed by atoms with Crippen molar-refractivity contribution in [2.45, 2.75) is 32.2 Å². The van der Waals surface area contributed by atoms with Crippen molar-refractivity contribution in [2.75, 3.05) is 5.32 Å². The molecule has 1 fully saturated rings. The van der Waals surface area contributed by atoms with Crippen LogP contribution in [0.25, 0.3) is 0 Å². The minimum atomic E-state index is -0.342. The highest BCUT2D eigenvalue weighted by Crippen LogP contribution is 2.39. The SMILES string of the molecule is Cc1ccc(NCc2ccc(C3CC3)cc2)c([N+](=O)[O-])c1. The molecule has 0 unspecified atom stereocenters. The molecule has 1 aliphatic rings. The average Bonchev–Trinajstić information content (AvgIpc) is 3.31. The fourth-order valence-electron chi connectivity index (χ4n) is 2.46. The smallest absolute Gasteiger partial charge is 0.292 e. The van der Waals surface area contributed by atoms with E-state index in [0.29, 0.717) is 12.2 Å². The van der Waals surface area contributed by atoms with Gasteiger partial charge < -0.3 is 5.32 Å². The molecular formula is C17H18N2O2. The topological polar surface area (TPSA) is 55.2 Å². The Kier molecular flexibility index (Phi) is 3.60. The van der Waals surface area contributed by atoms with Gasteiger partial charge in [-0.1, -0.05) is 30.3 Å². The number of hydrogen-bond donors (Lipinski definition) is 1. The van der Waals surface area contributed by atoms with Gasteiger partial charge in [-0.15, -0.1) is 0 Å². The molecule has 0 radical (unpaired) electrons. The van der Waals surface area contributed by atoms with E-state index in [1.165, 1.54) is 18.4 Å². The van der Waals surface area contributed by atoms with Gasteiger partial charge in [-0.25, -0.2) is 0 Å². The third-order valence-corrected chi connectivity index (χ3v) is 3.86. The molecule has 3 rings (SSSR count). The van der Waals surface area contributed by atoms with Crippen molar-refractivity contribution < 1.29 is 4.92 Å². The molecule has 0 heterocycles. The summed E-state index contributed by atoms with van der Waals surface area (Å²) in [5, 5.41) is 14.2. The van der Waals surface area contributed by atoms with Crippen molar-refractivity contribution >= 4 is 11.4 Å². The minimum absolute atomic E-state index is 0.129. The van der Waals surface area contributed by atoms with Gasteiger partial charge in [-0.3, -0.25) is 10.1 Å². The lowest BCUT2D eigenvalue weighted by atomic mass is 10.1. The molecule has 1 N–H and O–H groups in total. The van der Waals surface area contributed by atoms with Crippen LogP contribution >= 0.6 is 0 Å². The Hall–Kier alpha value is -2.36. The van der Waals surface area contributed by atoms with E-state index in [2.05, 4.69) is 29.6 Å². The molecule has 0 aromatic heterocycles. The molecule has 1 saturated carbocycles. The molecule has 108 valence electrons. The number of nitro groups is 1. The van der Waals surface area contributed by atoms with Crippen molar-refractivity contribution in [3.8, 4) is 0 Å². The Morgan fingerprint density at radius 1 is 1.19 bits per heavy atom. The van der Waals surface area contributed by atoms with Gasteiger partial charge in [0.25, 0.3) is 5.69 Å². The first-order valence-electron chi connectivity index (χ1n) is 7.21. The number of nitrogens with one attached hydrogen (secondary N) is 1. The van der Waals surface area contributed by atoms with Gasteiger partial charge in [0.1, 0.15) is 5.69 Å². The van der Waals surface area contributed by atoms with E-state index in [-0.39, 0.29) is 10.6 Å². The van der Waals surface area contributed by atoms with Gasteiger partial charge in [0.15, 0.2) is 0 Å². The molecule has 4 heteroatoms. The Labute approximate surface area is 124 Å². The van der Waals surface area contributed by atoms with Gasteiger partial charge >= 0.3 is 0 Å². The fourth-order valence-corrected chi connectivity index (χ4v) is 2.46. The van der Waals surface area contributed by atoms with Crippen molar-refractivity contribution in [2.24, 2.45) is 0 Å². The van der Waals surface area contributed by atoms with Gasteiger partial charge in [0, 0.05) is 12.6 Å². The quantitative estimate of drug-likeness (QED) is 0.653. The van der Waals surface area contributed by atoms with Gasteiger partial charge in [-0.05, 0) is 48.4 Å². The Morgan fingerprint density at radius 3 is 2.52 bits per heavy atom. The van der Waals surface area contributed by atoms with Crippen LogP contribution < -0.4 is 5.32 Å². The number of rotatable bonds is 5. The molecule has 0 atom stereocenters. The molecule has 4 nitrogen and oxygen atoms in total. The van der Waals surface area contributed by atoms with Crippen LogP contribution in [0.5, 0.6) is 0 Å². The molecule has 21 heavy (non-hydrogen) atoms. The minimum Gasteiger partial charge on any atom is -0.375 e. The van der Waals surface area contributed by atoms with Gasteiger partial charge in [0.05, 0.1) is 4.92 Å². The van der Waals surface area contributed by atoms with Crippen LogP contribution in [-0.4, -0.2) is 4.92 Å². The van der Waals surface area contributed by atoms with E-state index in [1.54, 1.807) is 12.1 Å². The highest BCUT2D eigenvalue weighted by atomic mass is 16.6. The highest BCUT2D eigenvalue weighted by Gasteiger charge is 2.22. The van der Waals surface area contributed by atoms with Gasteiger partial charge in [-0.2, -0.15) is 0 Å². The molecular weight excluding hydrogens is 264 g/mol. The third kappa shape index (κ3) is 3.21. The summed E-state index contributed by atoms with van der Waals surface area (Å²) in [6.45, 7) is 2.45. The molecule has 0 spiro atoms. The van der Waals surface area contributed by atoms with Crippen LogP contribution in [-0.2, 0) is 6.54 Å². The van der Waals surface area contributed by atoms with E-state index < -0.39 is 0 Å². The van der Waals surface area contributed by atoms with Crippen molar-refractivity contribution in [1.82, 2.24) is 0 Å². The zero-order valence-corrected chi connectivity index (χ0v) is 12.0. The first-order valence-corrected chi connectivity index (χ1v) is 7.21. The molecule has 0 saturated heterocycles. The van der Waals surface area contributed by atoms with Crippen LogP contribution in [0.15, 0.2) is 42.5 Å². The Bertz CT molecular complexity index is 661. The lowest BCUT2D eigenvalue weighted by Gasteiger charge is -2.08. The molecule has 1 aliphatic carbocycles. The van der Waals surface area contributed by atoms with Crippen LogP contribution in [0.2, 0.25) is 0 Å². The summed E-state index contributed by atoms with van der Waals surface area (Å²) in [6.07, 6.45) is 2.60. The van der Waals surface area contributed by atoms with Crippen molar-refractivity contribution in [3.05, 3.63) is 69.3 Å². The summed E-state index contributed by atoms with van der Waals surface area (Å²) in [4.78, 5) is 10.7. The molecule has 2 aromatic carbocycles. The maximum absolute atomic E-state index is 11.1. The number of anilines is 1. The van der Waals surface area contributed by atoms with E-state index >= 15 is 0 Å². The van der Waals surface area contributed by atoms with Crippen LogP contribution in [0, 0.1) is 17.0 Å². The lowest BCUT2D eigenvalue weighted by Crippen LogP contribution is -2.03. The number of aryl methyl sites for hydroxylation is 1. The summed E-state index contributed by atoms with van der Waals surface area (Å²) >= 11 is 0. The number of benzene rings is 2. The number of nitro benzene ring substituents is 1. The van der Waals surface area contributed by atoms with Crippen LogP contribution in [0.4, 0.5) is 11.4 Å². The monoisotopic (exact) mass is 282 g/mol. The predicted octanol–water partition coefficient (Wildman–Crippen LogP) is 4.39. The van der Waals surface area contributed by atoms with E-state index in [1.807, 2.05) is 13.0 Å². The second kappa shape index (κ2) is 5.56. The van der Waals surface area contributed by atoms with Gasteiger partial charge in [0.2, 0.25) is 0 Å². The lowest BCUT2D eigenvalue weighted by molar-refractivity contribution is -0.384. The largest absolute Gasteiger partial charge is 0.375 e. The number of nitrogens with zero attached hydrogens (tertiary/aromatic N) is 1. The summed E-state index contributed by atoms with van der Waals surface area (Å²) in [7, 11) is 0. The Balaban J connectivity index is 1.70. The summed E-state index contributed by atoms with van der Waals surface area (Å²) in [5.41, 5.74) is 4.12. The molecule has 0 amide bonds. The first-order chi connectivity index (χ1) is 10.1. The standard InChI is InChI=1S/C17H18N2O2/c1-12-2-9-16(17(10-12)19(20)21)18-11-13-3-5-14(6-4-13)15-7-8-15/h2-6,9-10,15,18H,7-8,11H2,1H3. The van der Waals surface area contributed by atoms with E-state index in [0.717, 1.165) is 17.0 Å². The fraction of sp³-hybridized carbons (Fsp3) is 0.294. The van der Waals surface area contributed by atoms with E-state index in [4.69, 9.17) is 0 Å². The van der Waals surface area contributed by atoms with Crippen molar-refractivity contribution in [1.29, 1.82) is 0 Å². The van der Waals surface area contributed by atoms with Crippen molar-refractivity contribution in [3.63, 3.8) is 0 Å².